The lowest BCUT2D eigenvalue weighted by Gasteiger charge is -2.18. The van der Waals surface area contributed by atoms with Gasteiger partial charge in [-0.1, -0.05) is 26.0 Å². The Labute approximate surface area is 127 Å². The van der Waals surface area contributed by atoms with Gasteiger partial charge in [0.2, 0.25) is 0 Å². The molecule has 0 saturated carbocycles. The van der Waals surface area contributed by atoms with Crippen molar-refractivity contribution in [1.29, 1.82) is 0 Å². The molecule has 2 aromatic rings. The molecule has 0 bridgehead atoms. The van der Waals surface area contributed by atoms with Crippen LogP contribution in [0.25, 0.3) is 0 Å². The molecule has 1 N–H and O–H groups in total. The number of hydrogen-bond acceptors (Lipinski definition) is 3. The summed E-state index contributed by atoms with van der Waals surface area (Å²) in [5.41, 5.74) is 1.17. The van der Waals surface area contributed by atoms with Crippen LogP contribution in [0.2, 0.25) is 0 Å². The number of furan rings is 1. The van der Waals surface area contributed by atoms with Crippen LogP contribution in [0.3, 0.4) is 0 Å². The van der Waals surface area contributed by atoms with Crippen molar-refractivity contribution in [3.05, 3.63) is 53.5 Å². The van der Waals surface area contributed by atoms with E-state index in [2.05, 4.69) is 43.4 Å². The maximum atomic E-state index is 5.94. The first kappa shape index (κ1) is 15.6. The molecule has 0 aliphatic rings. The summed E-state index contributed by atoms with van der Waals surface area (Å²) in [5, 5.41) is 3.56. The van der Waals surface area contributed by atoms with Gasteiger partial charge in [-0.25, -0.2) is 0 Å². The summed E-state index contributed by atoms with van der Waals surface area (Å²) in [7, 11) is 0. The van der Waals surface area contributed by atoms with E-state index in [1.165, 1.54) is 5.56 Å². The Morgan fingerprint density at radius 3 is 2.67 bits per heavy atom. The van der Waals surface area contributed by atoms with Crippen LogP contribution in [0.4, 0.5) is 0 Å². The molecule has 3 heteroatoms. The highest BCUT2D eigenvalue weighted by Crippen LogP contribution is 2.27. The van der Waals surface area contributed by atoms with E-state index >= 15 is 0 Å². The molecule has 1 atom stereocenters. The highest BCUT2D eigenvalue weighted by atomic mass is 16.5. The van der Waals surface area contributed by atoms with Crippen LogP contribution in [0, 0.1) is 0 Å². The fourth-order valence-electron chi connectivity index (χ4n) is 2.36. The molecule has 1 heterocycles. The second-order valence-electron chi connectivity index (χ2n) is 5.05. The minimum absolute atomic E-state index is 0.0747. The highest BCUT2D eigenvalue weighted by Gasteiger charge is 2.17. The van der Waals surface area contributed by atoms with Crippen LogP contribution in [0.15, 0.2) is 40.8 Å². The standard InChI is InChI=1S/C18H25NO2/c1-4-12-19-18(17-11-10-15(5-2)21-17)14-8-7-9-16(13-14)20-6-3/h7-11,13,18-19H,4-6,12H2,1-3H3. The zero-order valence-corrected chi connectivity index (χ0v) is 13.2. The molecule has 1 aromatic heterocycles. The molecule has 0 aliphatic carbocycles. The van der Waals surface area contributed by atoms with Gasteiger partial charge in [0.25, 0.3) is 0 Å². The van der Waals surface area contributed by atoms with Gasteiger partial charge in [0.05, 0.1) is 12.6 Å². The van der Waals surface area contributed by atoms with Crippen molar-refractivity contribution in [2.45, 2.75) is 39.7 Å². The normalized spacial score (nSPS) is 12.3. The maximum Gasteiger partial charge on any atom is 0.125 e. The van der Waals surface area contributed by atoms with E-state index < -0.39 is 0 Å². The van der Waals surface area contributed by atoms with E-state index in [9.17, 15) is 0 Å². The van der Waals surface area contributed by atoms with Gasteiger partial charge < -0.3 is 14.5 Å². The Morgan fingerprint density at radius 1 is 1.14 bits per heavy atom. The highest BCUT2D eigenvalue weighted by molar-refractivity contribution is 5.34. The molecule has 0 amide bonds. The number of rotatable bonds is 8. The van der Waals surface area contributed by atoms with E-state index in [1.54, 1.807) is 0 Å². The number of benzene rings is 1. The Balaban J connectivity index is 2.28. The van der Waals surface area contributed by atoms with Gasteiger partial charge >= 0.3 is 0 Å². The summed E-state index contributed by atoms with van der Waals surface area (Å²) in [5.74, 6) is 2.89. The minimum atomic E-state index is 0.0747. The average molecular weight is 287 g/mol. The predicted molar refractivity (Wildman–Crippen MR) is 85.8 cm³/mol. The van der Waals surface area contributed by atoms with Crippen molar-refractivity contribution < 1.29 is 9.15 Å². The van der Waals surface area contributed by atoms with E-state index in [0.29, 0.717) is 6.61 Å². The molecule has 3 nitrogen and oxygen atoms in total. The molecule has 114 valence electrons. The summed E-state index contributed by atoms with van der Waals surface area (Å²) in [4.78, 5) is 0. The minimum Gasteiger partial charge on any atom is -0.494 e. The molecular formula is C18H25NO2. The van der Waals surface area contributed by atoms with Crippen molar-refractivity contribution in [3.63, 3.8) is 0 Å². The maximum absolute atomic E-state index is 5.94. The lowest BCUT2D eigenvalue weighted by Crippen LogP contribution is -2.22. The lowest BCUT2D eigenvalue weighted by molar-refractivity contribution is 0.339. The number of nitrogens with one attached hydrogen (secondary N) is 1. The van der Waals surface area contributed by atoms with Crippen molar-refractivity contribution in [1.82, 2.24) is 5.32 Å². The predicted octanol–water partition coefficient (Wildman–Crippen LogP) is 4.33. The molecule has 21 heavy (non-hydrogen) atoms. The summed E-state index contributed by atoms with van der Waals surface area (Å²) < 4.78 is 11.5. The van der Waals surface area contributed by atoms with E-state index in [4.69, 9.17) is 9.15 Å². The van der Waals surface area contributed by atoms with Crippen molar-refractivity contribution in [2.24, 2.45) is 0 Å². The summed E-state index contributed by atoms with van der Waals surface area (Å²) in [6.45, 7) is 7.90. The summed E-state index contributed by atoms with van der Waals surface area (Å²) in [6, 6.07) is 12.4. The summed E-state index contributed by atoms with van der Waals surface area (Å²) >= 11 is 0. The van der Waals surface area contributed by atoms with E-state index in [0.717, 1.165) is 36.7 Å². The monoisotopic (exact) mass is 287 g/mol. The van der Waals surface area contributed by atoms with E-state index in [-0.39, 0.29) is 6.04 Å². The fourth-order valence-corrected chi connectivity index (χ4v) is 2.36. The van der Waals surface area contributed by atoms with Gasteiger partial charge in [0.15, 0.2) is 0 Å². The van der Waals surface area contributed by atoms with Gasteiger partial charge in [0, 0.05) is 6.42 Å². The summed E-state index contributed by atoms with van der Waals surface area (Å²) in [6.07, 6.45) is 2.00. The third-order valence-corrected chi connectivity index (χ3v) is 3.42. The molecule has 0 radical (unpaired) electrons. The number of ether oxygens (including phenoxy) is 1. The first-order valence-electron chi connectivity index (χ1n) is 7.83. The van der Waals surface area contributed by atoms with Gasteiger partial charge in [-0.3, -0.25) is 0 Å². The molecule has 1 aromatic carbocycles. The topological polar surface area (TPSA) is 34.4 Å². The third-order valence-electron chi connectivity index (χ3n) is 3.42. The molecule has 0 fully saturated rings. The van der Waals surface area contributed by atoms with Gasteiger partial charge in [-0.15, -0.1) is 0 Å². The van der Waals surface area contributed by atoms with E-state index in [1.807, 2.05) is 19.1 Å². The third kappa shape index (κ3) is 4.11. The Bertz CT molecular complexity index is 548. The van der Waals surface area contributed by atoms with Crippen LogP contribution in [-0.2, 0) is 6.42 Å². The molecular weight excluding hydrogens is 262 g/mol. The van der Waals surface area contributed by atoms with Crippen LogP contribution < -0.4 is 10.1 Å². The van der Waals surface area contributed by atoms with Crippen LogP contribution in [0.1, 0.15) is 50.3 Å². The van der Waals surface area contributed by atoms with Crippen LogP contribution in [-0.4, -0.2) is 13.2 Å². The Kier molecular flexibility index (Phi) is 5.88. The Hall–Kier alpha value is -1.74. The second kappa shape index (κ2) is 7.89. The quantitative estimate of drug-likeness (QED) is 0.784. The SMILES string of the molecule is CCCNC(c1cccc(OCC)c1)c1ccc(CC)o1. The molecule has 0 spiro atoms. The van der Waals surface area contributed by atoms with Crippen LogP contribution in [0.5, 0.6) is 5.75 Å². The van der Waals surface area contributed by atoms with Gasteiger partial charge in [-0.2, -0.15) is 0 Å². The van der Waals surface area contributed by atoms with Gasteiger partial charge in [-0.05, 0) is 49.7 Å². The largest absolute Gasteiger partial charge is 0.494 e. The number of hydrogen-bond donors (Lipinski definition) is 1. The van der Waals surface area contributed by atoms with Gasteiger partial charge in [0.1, 0.15) is 17.3 Å². The van der Waals surface area contributed by atoms with Crippen molar-refractivity contribution in [2.75, 3.05) is 13.2 Å². The first-order valence-corrected chi connectivity index (χ1v) is 7.83. The van der Waals surface area contributed by atoms with Crippen LogP contribution >= 0.6 is 0 Å². The molecule has 2 rings (SSSR count). The first-order chi connectivity index (χ1) is 10.3. The lowest BCUT2D eigenvalue weighted by atomic mass is 10.0. The average Bonchev–Trinajstić information content (AvgIpc) is 2.97. The molecule has 0 saturated heterocycles. The number of aryl methyl sites for hydroxylation is 1. The smallest absolute Gasteiger partial charge is 0.125 e. The molecule has 1 unspecified atom stereocenters. The zero-order valence-electron chi connectivity index (χ0n) is 13.2. The fraction of sp³-hybridized carbons (Fsp3) is 0.444. The zero-order chi connectivity index (χ0) is 15.1. The second-order valence-corrected chi connectivity index (χ2v) is 5.05. The molecule has 0 aliphatic heterocycles. The van der Waals surface area contributed by atoms with Crippen molar-refractivity contribution >= 4 is 0 Å². The van der Waals surface area contributed by atoms with Crippen molar-refractivity contribution in [3.8, 4) is 5.75 Å². The Morgan fingerprint density at radius 2 is 2.00 bits per heavy atom.